The molecule has 0 saturated heterocycles. The number of nitrogens with zero attached hydrogens (tertiary/aromatic N) is 1. The van der Waals surface area contributed by atoms with Crippen LogP contribution < -0.4 is 15.2 Å². The Bertz CT molecular complexity index is 2100. The highest BCUT2D eigenvalue weighted by molar-refractivity contribution is 7.90. The molecule has 6 aromatic rings. The molecular formula is C34H29N3O5S. The van der Waals surface area contributed by atoms with E-state index in [0.717, 1.165) is 22.1 Å². The quantitative estimate of drug-likeness (QED) is 0.191. The van der Waals surface area contributed by atoms with E-state index in [4.69, 9.17) is 19.9 Å². The molecule has 43 heavy (non-hydrogen) atoms. The summed E-state index contributed by atoms with van der Waals surface area (Å²) in [6.07, 6.45) is 0.644. The number of ether oxygens (including phenoxy) is 1. The van der Waals surface area contributed by atoms with Crippen molar-refractivity contribution in [3.8, 4) is 17.2 Å². The second kappa shape index (κ2) is 11.3. The SMILES string of the molecule is Cc1c(-c2cc(C(=O)NS(=O)(=O)c3cccc(N)c3)c3c(OCCc4ccccc4)ccc(C)c3n2)oc2ccccc12. The predicted octanol–water partition coefficient (Wildman–Crippen LogP) is 6.59. The van der Waals surface area contributed by atoms with Crippen LogP contribution in [0.3, 0.4) is 0 Å². The van der Waals surface area contributed by atoms with Crippen molar-refractivity contribution in [1.29, 1.82) is 0 Å². The number of sulfonamides is 1. The molecule has 0 aliphatic heterocycles. The lowest BCUT2D eigenvalue weighted by molar-refractivity contribution is 0.0982. The lowest BCUT2D eigenvalue weighted by Crippen LogP contribution is -2.31. The number of fused-ring (bicyclic) bond motifs is 2. The van der Waals surface area contributed by atoms with Gasteiger partial charge < -0.3 is 14.9 Å². The van der Waals surface area contributed by atoms with Gasteiger partial charge in [-0.3, -0.25) is 4.79 Å². The fourth-order valence-corrected chi connectivity index (χ4v) is 6.14. The third-order valence-electron chi connectivity index (χ3n) is 7.33. The highest BCUT2D eigenvalue weighted by atomic mass is 32.2. The van der Waals surface area contributed by atoms with Gasteiger partial charge in [-0.05, 0) is 61.4 Å². The summed E-state index contributed by atoms with van der Waals surface area (Å²) in [6.45, 7) is 4.14. The first-order chi connectivity index (χ1) is 20.7. The zero-order chi connectivity index (χ0) is 30.1. The van der Waals surface area contributed by atoms with Gasteiger partial charge in [0.05, 0.1) is 28.0 Å². The van der Waals surface area contributed by atoms with Crippen molar-refractivity contribution in [2.24, 2.45) is 0 Å². The lowest BCUT2D eigenvalue weighted by Gasteiger charge is -2.16. The minimum atomic E-state index is -4.25. The molecule has 0 atom stereocenters. The number of pyridine rings is 1. The number of rotatable bonds is 8. The second-order valence-corrected chi connectivity index (χ2v) is 12.0. The summed E-state index contributed by atoms with van der Waals surface area (Å²) in [6, 6.07) is 28.5. The van der Waals surface area contributed by atoms with Crippen LogP contribution in [0.1, 0.15) is 27.0 Å². The topological polar surface area (TPSA) is 125 Å². The molecule has 2 aromatic heterocycles. The summed E-state index contributed by atoms with van der Waals surface area (Å²) in [7, 11) is -4.25. The Kier molecular flexibility index (Phi) is 7.33. The molecule has 0 bridgehead atoms. The number of carbonyl (C=O) groups is 1. The number of nitrogens with two attached hydrogens (primary N) is 1. The molecule has 216 valence electrons. The largest absolute Gasteiger partial charge is 0.493 e. The number of amides is 1. The number of nitrogens with one attached hydrogen (secondary N) is 1. The summed E-state index contributed by atoms with van der Waals surface area (Å²) in [4.78, 5) is 18.7. The molecular weight excluding hydrogens is 562 g/mol. The van der Waals surface area contributed by atoms with E-state index in [9.17, 15) is 13.2 Å². The van der Waals surface area contributed by atoms with Gasteiger partial charge >= 0.3 is 0 Å². The van der Waals surface area contributed by atoms with E-state index in [2.05, 4.69) is 4.72 Å². The van der Waals surface area contributed by atoms with Crippen molar-refractivity contribution in [1.82, 2.24) is 9.71 Å². The van der Waals surface area contributed by atoms with E-state index in [1.807, 2.05) is 74.5 Å². The van der Waals surface area contributed by atoms with Crippen LogP contribution in [0, 0.1) is 13.8 Å². The van der Waals surface area contributed by atoms with Crippen LogP contribution in [-0.2, 0) is 16.4 Å². The number of furan rings is 1. The zero-order valence-corrected chi connectivity index (χ0v) is 24.4. The Labute approximate surface area is 249 Å². The van der Waals surface area contributed by atoms with Crippen LogP contribution in [-0.4, -0.2) is 25.9 Å². The van der Waals surface area contributed by atoms with Gasteiger partial charge in [0.1, 0.15) is 17.0 Å². The van der Waals surface area contributed by atoms with Gasteiger partial charge in [0.15, 0.2) is 5.76 Å². The number of anilines is 1. The number of nitrogen functional groups attached to an aromatic ring is 1. The fraction of sp³-hybridized carbons (Fsp3) is 0.118. The van der Waals surface area contributed by atoms with Crippen molar-refractivity contribution in [2.45, 2.75) is 25.2 Å². The van der Waals surface area contributed by atoms with E-state index >= 15 is 0 Å². The van der Waals surface area contributed by atoms with Gasteiger partial charge in [0, 0.05) is 23.1 Å². The summed E-state index contributed by atoms with van der Waals surface area (Å²) in [5.41, 5.74) is 10.5. The lowest BCUT2D eigenvalue weighted by atomic mass is 10.0. The maximum absolute atomic E-state index is 13.9. The van der Waals surface area contributed by atoms with E-state index in [1.54, 1.807) is 18.2 Å². The Balaban J connectivity index is 1.48. The molecule has 0 saturated carbocycles. The van der Waals surface area contributed by atoms with Crippen LogP contribution in [0.25, 0.3) is 33.3 Å². The van der Waals surface area contributed by atoms with Crippen LogP contribution in [0.4, 0.5) is 5.69 Å². The van der Waals surface area contributed by atoms with Crippen LogP contribution in [0.2, 0.25) is 0 Å². The maximum Gasteiger partial charge on any atom is 0.265 e. The van der Waals surface area contributed by atoms with Crippen LogP contribution in [0.15, 0.2) is 106 Å². The number of aryl methyl sites for hydroxylation is 2. The molecule has 0 aliphatic carbocycles. The van der Waals surface area contributed by atoms with Gasteiger partial charge in [-0.2, -0.15) is 0 Å². The Morgan fingerprint density at radius 2 is 1.70 bits per heavy atom. The van der Waals surface area contributed by atoms with Crippen LogP contribution >= 0.6 is 0 Å². The van der Waals surface area contributed by atoms with Gasteiger partial charge in [-0.1, -0.05) is 60.7 Å². The summed E-state index contributed by atoms with van der Waals surface area (Å²) in [5, 5.41) is 1.33. The molecule has 0 fully saturated rings. The molecule has 2 heterocycles. The minimum Gasteiger partial charge on any atom is -0.493 e. The molecule has 0 aliphatic rings. The Hall–Kier alpha value is -5.15. The first-order valence-corrected chi connectivity index (χ1v) is 15.2. The minimum absolute atomic E-state index is 0.0887. The zero-order valence-electron chi connectivity index (χ0n) is 23.6. The average Bonchev–Trinajstić information content (AvgIpc) is 3.34. The first kappa shape index (κ1) is 28.0. The molecule has 0 spiro atoms. The number of carbonyl (C=O) groups excluding carboxylic acids is 1. The summed E-state index contributed by atoms with van der Waals surface area (Å²) >= 11 is 0. The van der Waals surface area contributed by atoms with Crippen molar-refractivity contribution in [3.63, 3.8) is 0 Å². The molecule has 1 amide bonds. The third-order valence-corrected chi connectivity index (χ3v) is 8.66. The smallest absolute Gasteiger partial charge is 0.265 e. The normalized spacial score (nSPS) is 11.6. The number of aromatic nitrogens is 1. The molecule has 3 N–H and O–H groups in total. The van der Waals surface area contributed by atoms with E-state index in [-0.39, 0.29) is 16.1 Å². The van der Waals surface area contributed by atoms with Crippen molar-refractivity contribution >= 4 is 43.5 Å². The summed E-state index contributed by atoms with van der Waals surface area (Å²) < 4.78 is 41.1. The molecule has 8 nitrogen and oxygen atoms in total. The van der Waals surface area contributed by atoms with E-state index in [0.29, 0.717) is 46.7 Å². The summed E-state index contributed by atoms with van der Waals surface area (Å²) in [5.74, 6) is 0.0809. The third kappa shape index (κ3) is 5.54. The van der Waals surface area contributed by atoms with Crippen molar-refractivity contribution < 1.29 is 22.4 Å². The van der Waals surface area contributed by atoms with Crippen molar-refractivity contribution in [3.05, 3.63) is 119 Å². The highest BCUT2D eigenvalue weighted by Gasteiger charge is 2.25. The number of para-hydroxylation sites is 1. The van der Waals surface area contributed by atoms with E-state index in [1.165, 1.54) is 18.2 Å². The molecule has 0 unspecified atom stereocenters. The molecule has 0 radical (unpaired) electrons. The predicted molar refractivity (Wildman–Crippen MR) is 168 cm³/mol. The van der Waals surface area contributed by atoms with Gasteiger partial charge in [-0.15, -0.1) is 0 Å². The number of hydrogen-bond acceptors (Lipinski definition) is 7. The maximum atomic E-state index is 13.9. The highest BCUT2D eigenvalue weighted by Crippen LogP contribution is 2.37. The van der Waals surface area contributed by atoms with Crippen molar-refractivity contribution in [2.75, 3.05) is 12.3 Å². The van der Waals surface area contributed by atoms with Crippen LogP contribution in [0.5, 0.6) is 5.75 Å². The molecule has 9 heteroatoms. The van der Waals surface area contributed by atoms with Gasteiger partial charge in [-0.25, -0.2) is 18.1 Å². The van der Waals surface area contributed by atoms with E-state index < -0.39 is 15.9 Å². The Morgan fingerprint density at radius 1 is 0.930 bits per heavy atom. The Morgan fingerprint density at radius 3 is 2.47 bits per heavy atom. The number of hydrogen-bond donors (Lipinski definition) is 2. The monoisotopic (exact) mass is 591 g/mol. The molecule has 4 aromatic carbocycles. The standard InChI is InChI=1S/C34H29N3O5S/c1-21-15-16-30(41-18-17-23-9-4-3-5-10-23)31-27(34(38)37-43(39,40)25-12-8-11-24(35)19-25)20-28(36-32(21)31)33-22(2)26-13-6-7-14-29(26)42-33/h3-16,19-20H,17-18,35H2,1-2H3,(H,37,38). The number of benzene rings is 4. The average molecular weight is 592 g/mol. The molecule has 6 rings (SSSR count). The second-order valence-electron chi connectivity index (χ2n) is 10.3. The fourth-order valence-electron chi connectivity index (χ4n) is 5.12. The van der Waals surface area contributed by atoms with Gasteiger partial charge in [0.2, 0.25) is 0 Å². The van der Waals surface area contributed by atoms with Gasteiger partial charge in [0.25, 0.3) is 15.9 Å². The first-order valence-electron chi connectivity index (χ1n) is 13.7.